The third kappa shape index (κ3) is 2.16. The first-order chi connectivity index (χ1) is 9.65. The van der Waals surface area contributed by atoms with Gasteiger partial charge in [-0.3, -0.25) is 9.36 Å². The summed E-state index contributed by atoms with van der Waals surface area (Å²) < 4.78 is 6.51. The van der Waals surface area contributed by atoms with Gasteiger partial charge >= 0.3 is 5.76 Å². The van der Waals surface area contributed by atoms with Crippen LogP contribution in [0.2, 0.25) is 0 Å². The Morgan fingerprint density at radius 3 is 2.65 bits per heavy atom. The molecule has 0 fully saturated rings. The summed E-state index contributed by atoms with van der Waals surface area (Å²) in [5, 5.41) is 0. The number of hydrogen-bond acceptors (Lipinski definition) is 3. The van der Waals surface area contributed by atoms with E-state index in [-0.39, 0.29) is 5.78 Å². The fourth-order valence-electron chi connectivity index (χ4n) is 2.19. The summed E-state index contributed by atoms with van der Waals surface area (Å²) in [6.45, 7) is 0. The summed E-state index contributed by atoms with van der Waals surface area (Å²) in [5.74, 6) is -0.419. The minimum Gasteiger partial charge on any atom is -0.408 e. The first-order valence-corrected chi connectivity index (χ1v) is 6.32. The lowest BCUT2D eigenvalue weighted by molar-refractivity contribution is 0.0993. The molecule has 0 radical (unpaired) electrons. The Morgan fingerprint density at radius 1 is 1.15 bits per heavy atom. The molecule has 1 heterocycles. The van der Waals surface area contributed by atoms with Gasteiger partial charge in [0, 0.05) is 19.0 Å². The van der Waals surface area contributed by atoms with E-state index in [0.29, 0.717) is 23.1 Å². The maximum atomic E-state index is 12.2. The standard InChI is InChI=1S/C16H13NO3/c1-17-13-8-7-12(10-15(13)20-16(17)19)14(18)9-11-5-3-2-4-6-11/h2-8,10H,9H2,1H3. The molecule has 20 heavy (non-hydrogen) atoms. The van der Waals surface area contributed by atoms with E-state index in [1.165, 1.54) is 4.57 Å². The second-order valence-electron chi connectivity index (χ2n) is 4.70. The van der Waals surface area contributed by atoms with E-state index in [1.807, 2.05) is 30.3 Å². The van der Waals surface area contributed by atoms with Gasteiger partial charge in [0.15, 0.2) is 11.4 Å². The number of aryl methyl sites for hydroxylation is 1. The van der Waals surface area contributed by atoms with Crippen molar-refractivity contribution in [2.45, 2.75) is 6.42 Å². The lowest BCUT2D eigenvalue weighted by Crippen LogP contribution is -2.08. The lowest BCUT2D eigenvalue weighted by Gasteiger charge is -2.01. The fourth-order valence-corrected chi connectivity index (χ4v) is 2.19. The van der Waals surface area contributed by atoms with Crippen LogP contribution in [0.1, 0.15) is 15.9 Å². The summed E-state index contributed by atoms with van der Waals surface area (Å²) >= 11 is 0. The van der Waals surface area contributed by atoms with Crippen molar-refractivity contribution in [3.05, 3.63) is 70.2 Å². The molecule has 0 bridgehead atoms. The third-order valence-electron chi connectivity index (χ3n) is 3.32. The predicted molar refractivity (Wildman–Crippen MR) is 75.9 cm³/mol. The smallest absolute Gasteiger partial charge is 0.408 e. The minimum absolute atomic E-state index is 0.00426. The fraction of sp³-hybridized carbons (Fsp3) is 0.125. The lowest BCUT2D eigenvalue weighted by atomic mass is 10.0. The molecule has 4 heteroatoms. The van der Waals surface area contributed by atoms with Crippen molar-refractivity contribution >= 4 is 16.9 Å². The number of aromatic nitrogens is 1. The number of fused-ring (bicyclic) bond motifs is 1. The van der Waals surface area contributed by atoms with Crippen molar-refractivity contribution in [1.82, 2.24) is 4.57 Å². The van der Waals surface area contributed by atoms with Gasteiger partial charge < -0.3 is 4.42 Å². The van der Waals surface area contributed by atoms with Crippen LogP contribution < -0.4 is 5.76 Å². The molecule has 0 spiro atoms. The Morgan fingerprint density at radius 2 is 1.90 bits per heavy atom. The number of hydrogen-bond donors (Lipinski definition) is 0. The molecule has 1 aromatic heterocycles. The molecule has 2 aromatic carbocycles. The average Bonchev–Trinajstić information content (AvgIpc) is 2.74. The van der Waals surface area contributed by atoms with Gasteiger partial charge in [-0.15, -0.1) is 0 Å². The number of ketones is 1. The first kappa shape index (κ1) is 12.4. The maximum absolute atomic E-state index is 12.2. The summed E-state index contributed by atoms with van der Waals surface area (Å²) in [5.41, 5.74) is 2.64. The largest absolute Gasteiger partial charge is 0.419 e. The molecule has 0 amide bonds. The van der Waals surface area contributed by atoms with Gasteiger partial charge in [-0.25, -0.2) is 4.79 Å². The highest BCUT2D eigenvalue weighted by Crippen LogP contribution is 2.16. The van der Waals surface area contributed by atoms with Crippen LogP contribution in [0, 0.1) is 0 Å². The predicted octanol–water partition coefficient (Wildman–Crippen LogP) is 2.56. The highest BCUT2D eigenvalue weighted by molar-refractivity contribution is 5.99. The maximum Gasteiger partial charge on any atom is 0.419 e. The van der Waals surface area contributed by atoms with Gasteiger partial charge in [-0.1, -0.05) is 30.3 Å². The highest BCUT2D eigenvalue weighted by atomic mass is 16.4. The zero-order valence-electron chi connectivity index (χ0n) is 11.0. The molecule has 4 nitrogen and oxygen atoms in total. The van der Waals surface area contributed by atoms with Crippen molar-refractivity contribution < 1.29 is 9.21 Å². The monoisotopic (exact) mass is 267 g/mol. The molecule has 100 valence electrons. The van der Waals surface area contributed by atoms with Crippen molar-refractivity contribution in [3.8, 4) is 0 Å². The minimum atomic E-state index is -0.423. The van der Waals surface area contributed by atoms with Crippen LogP contribution in [0.3, 0.4) is 0 Å². The van der Waals surface area contributed by atoms with E-state index in [1.54, 1.807) is 25.2 Å². The zero-order chi connectivity index (χ0) is 14.1. The first-order valence-electron chi connectivity index (χ1n) is 6.32. The normalized spacial score (nSPS) is 10.8. The molecule has 0 saturated carbocycles. The van der Waals surface area contributed by atoms with Gasteiger partial charge in [0.25, 0.3) is 0 Å². The van der Waals surface area contributed by atoms with E-state index in [9.17, 15) is 9.59 Å². The van der Waals surface area contributed by atoms with Crippen LogP contribution >= 0.6 is 0 Å². The van der Waals surface area contributed by atoms with E-state index < -0.39 is 5.76 Å². The summed E-state index contributed by atoms with van der Waals surface area (Å²) in [6, 6.07) is 14.6. The second kappa shape index (κ2) is 4.81. The molecule has 0 N–H and O–H groups in total. The van der Waals surface area contributed by atoms with Crippen LogP contribution in [-0.4, -0.2) is 10.4 Å². The topological polar surface area (TPSA) is 52.2 Å². The number of benzene rings is 2. The molecule has 0 aliphatic rings. The molecule has 3 rings (SSSR count). The molecule has 0 aliphatic carbocycles. The number of carbonyl (C=O) groups excluding carboxylic acids is 1. The van der Waals surface area contributed by atoms with Gasteiger partial charge in [0.1, 0.15) is 0 Å². The number of Topliss-reactive ketones (excluding diaryl/α,β-unsaturated/α-hetero) is 1. The van der Waals surface area contributed by atoms with Gasteiger partial charge in [-0.2, -0.15) is 0 Å². The van der Waals surface area contributed by atoms with E-state index in [2.05, 4.69) is 0 Å². The molecule has 3 aromatic rings. The highest BCUT2D eigenvalue weighted by Gasteiger charge is 2.11. The molecule has 0 aliphatic heterocycles. The van der Waals surface area contributed by atoms with Crippen LogP contribution in [0.15, 0.2) is 57.7 Å². The van der Waals surface area contributed by atoms with Crippen molar-refractivity contribution in [2.24, 2.45) is 7.05 Å². The van der Waals surface area contributed by atoms with Crippen molar-refractivity contribution in [3.63, 3.8) is 0 Å². The number of oxazole rings is 1. The molecule has 0 saturated heterocycles. The Balaban J connectivity index is 1.94. The third-order valence-corrected chi connectivity index (χ3v) is 3.32. The van der Waals surface area contributed by atoms with E-state index in [4.69, 9.17) is 4.42 Å². The number of nitrogens with zero attached hydrogens (tertiary/aromatic N) is 1. The summed E-state index contributed by atoms with van der Waals surface area (Å²) in [4.78, 5) is 23.6. The van der Waals surface area contributed by atoms with Gasteiger partial charge in [0.2, 0.25) is 0 Å². The number of carbonyl (C=O) groups is 1. The molecular formula is C16H13NO3. The zero-order valence-corrected chi connectivity index (χ0v) is 11.0. The molecular weight excluding hydrogens is 254 g/mol. The van der Waals surface area contributed by atoms with E-state index in [0.717, 1.165) is 5.56 Å². The number of rotatable bonds is 3. The second-order valence-corrected chi connectivity index (χ2v) is 4.70. The quantitative estimate of drug-likeness (QED) is 0.685. The van der Waals surface area contributed by atoms with Gasteiger partial charge in [-0.05, 0) is 23.8 Å². The summed E-state index contributed by atoms with van der Waals surface area (Å²) in [7, 11) is 1.64. The molecule has 0 atom stereocenters. The Kier molecular flexibility index (Phi) is 2.99. The van der Waals surface area contributed by atoms with Crippen molar-refractivity contribution in [1.29, 1.82) is 0 Å². The SMILES string of the molecule is Cn1c(=O)oc2cc(C(=O)Cc3ccccc3)ccc21. The Hall–Kier alpha value is -2.62. The van der Waals surface area contributed by atoms with Crippen LogP contribution in [-0.2, 0) is 13.5 Å². The Labute approximate surface area is 115 Å². The van der Waals surface area contributed by atoms with Crippen LogP contribution in [0.5, 0.6) is 0 Å². The van der Waals surface area contributed by atoms with Gasteiger partial charge in [0.05, 0.1) is 5.52 Å². The molecule has 0 unspecified atom stereocenters. The van der Waals surface area contributed by atoms with Crippen molar-refractivity contribution in [2.75, 3.05) is 0 Å². The van der Waals surface area contributed by atoms with Crippen LogP contribution in [0.25, 0.3) is 11.1 Å². The van der Waals surface area contributed by atoms with Crippen LogP contribution in [0.4, 0.5) is 0 Å². The average molecular weight is 267 g/mol. The Bertz CT molecular complexity index is 828. The summed E-state index contributed by atoms with van der Waals surface area (Å²) in [6.07, 6.45) is 0.337. The van der Waals surface area contributed by atoms with E-state index >= 15 is 0 Å².